The molecule has 4 aliphatic carbocycles. The van der Waals surface area contributed by atoms with Crippen LogP contribution in [0.1, 0.15) is 73.6 Å². The second kappa shape index (κ2) is 5.24. The zero-order valence-electron chi connectivity index (χ0n) is 16.8. The van der Waals surface area contributed by atoms with Crippen molar-refractivity contribution >= 4 is 5.97 Å². The highest BCUT2D eigenvalue weighted by Crippen LogP contribution is 2.74. The third-order valence-corrected chi connectivity index (χ3v) is 9.17. The van der Waals surface area contributed by atoms with Crippen LogP contribution in [0.25, 0.3) is 0 Å². The van der Waals surface area contributed by atoms with Gasteiger partial charge in [-0.3, -0.25) is 4.79 Å². The number of aliphatic hydroxyl groups is 1. The predicted molar refractivity (Wildman–Crippen MR) is 97.8 cm³/mol. The van der Waals surface area contributed by atoms with Gasteiger partial charge in [0.25, 0.3) is 0 Å². The molecule has 4 saturated carbocycles. The van der Waals surface area contributed by atoms with E-state index in [2.05, 4.69) is 34.6 Å². The van der Waals surface area contributed by atoms with Gasteiger partial charge < -0.3 is 9.84 Å². The minimum atomic E-state index is -0.196. The van der Waals surface area contributed by atoms with Crippen LogP contribution in [0.2, 0.25) is 0 Å². The first kappa shape index (κ1) is 17.8. The van der Waals surface area contributed by atoms with E-state index >= 15 is 0 Å². The number of rotatable bonds is 2. The fraction of sp³-hybridized carbons (Fsp3) is 0.955. The molecule has 3 nitrogen and oxygen atoms in total. The van der Waals surface area contributed by atoms with Crippen molar-refractivity contribution in [2.24, 2.45) is 45.8 Å². The Hall–Kier alpha value is -0.570. The van der Waals surface area contributed by atoms with Crippen molar-refractivity contribution in [3.63, 3.8) is 0 Å². The minimum Gasteiger partial charge on any atom is -0.462 e. The molecule has 25 heavy (non-hydrogen) atoms. The van der Waals surface area contributed by atoms with Crippen LogP contribution in [0.5, 0.6) is 0 Å². The van der Waals surface area contributed by atoms with E-state index in [9.17, 15) is 9.90 Å². The van der Waals surface area contributed by atoms with Crippen molar-refractivity contribution in [1.82, 2.24) is 0 Å². The van der Waals surface area contributed by atoms with E-state index in [0.29, 0.717) is 29.6 Å². The van der Waals surface area contributed by atoms with Crippen LogP contribution in [-0.2, 0) is 9.53 Å². The van der Waals surface area contributed by atoms with Crippen molar-refractivity contribution < 1.29 is 14.6 Å². The fourth-order valence-corrected chi connectivity index (χ4v) is 7.63. The van der Waals surface area contributed by atoms with E-state index in [1.807, 2.05) is 0 Å². The molecule has 0 aromatic carbocycles. The number of carbonyl (C=O) groups excluding carboxylic acids is 1. The highest BCUT2D eigenvalue weighted by atomic mass is 16.5. The third kappa shape index (κ3) is 2.30. The van der Waals surface area contributed by atoms with E-state index in [0.717, 1.165) is 12.8 Å². The number of fused-ring (bicyclic) bond motifs is 4. The van der Waals surface area contributed by atoms with Crippen LogP contribution in [0, 0.1) is 45.8 Å². The summed E-state index contributed by atoms with van der Waals surface area (Å²) in [4.78, 5) is 11.8. The standard InChI is InChI=1S/C22H36O3/c1-12(2)15-7-8-21(5)16(25-13(3)23)11-20(4)9-14-10-22(14,6)19(24)18(20)17(15)21/h12,14-19,24H,7-11H2,1-6H3/t14-,15-,16+,17+,18-,19-,20+,21+,22+/m0/s1. The quantitative estimate of drug-likeness (QED) is 0.751. The van der Waals surface area contributed by atoms with Crippen molar-refractivity contribution in [2.75, 3.05) is 0 Å². The Morgan fingerprint density at radius 2 is 1.76 bits per heavy atom. The number of aliphatic hydroxyl groups excluding tert-OH is 1. The molecule has 0 saturated heterocycles. The van der Waals surface area contributed by atoms with Crippen molar-refractivity contribution in [1.29, 1.82) is 0 Å². The van der Waals surface area contributed by atoms with Gasteiger partial charge in [-0.2, -0.15) is 0 Å². The monoisotopic (exact) mass is 348 g/mol. The van der Waals surface area contributed by atoms with Crippen LogP contribution in [-0.4, -0.2) is 23.3 Å². The minimum absolute atomic E-state index is 0.00954. The number of hydrogen-bond donors (Lipinski definition) is 1. The van der Waals surface area contributed by atoms with E-state index < -0.39 is 0 Å². The van der Waals surface area contributed by atoms with Crippen LogP contribution < -0.4 is 0 Å². The van der Waals surface area contributed by atoms with Crippen LogP contribution in [0.4, 0.5) is 0 Å². The molecule has 0 heterocycles. The molecule has 0 radical (unpaired) electrons. The normalized spacial score (nSPS) is 56.8. The second-order valence-electron chi connectivity index (χ2n) is 11.0. The van der Waals surface area contributed by atoms with Gasteiger partial charge in [0.1, 0.15) is 6.10 Å². The average molecular weight is 349 g/mol. The first-order valence-electron chi connectivity index (χ1n) is 10.4. The Labute approximate surface area is 152 Å². The lowest BCUT2D eigenvalue weighted by atomic mass is 9.46. The van der Waals surface area contributed by atoms with Gasteiger partial charge in [0.2, 0.25) is 0 Å². The maximum atomic E-state index is 11.8. The molecule has 0 amide bonds. The maximum Gasteiger partial charge on any atom is 0.302 e. The lowest BCUT2D eigenvalue weighted by molar-refractivity contribution is -0.205. The molecule has 0 aliphatic heterocycles. The number of ether oxygens (including phenoxy) is 1. The van der Waals surface area contributed by atoms with Gasteiger partial charge in [0.05, 0.1) is 6.10 Å². The molecule has 1 N–H and O–H groups in total. The van der Waals surface area contributed by atoms with E-state index in [-0.39, 0.29) is 34.4 Å². The van der Waals surface area contributed by atoms with Gasteiger partial charge in [0.15, 0.2) is 0 Å². The van der Waals surface area contributed by atoms with Crippen LogP contribution >= 0.6 is 0 Å². The summed E-state index contributed by atoms with van der Waals surface area (Å²) in [6, 6.07) is 0. The molecule has 9 atom stereocenters. The summed E-state index contributed by atoms with van der Waals surface area (Å²) in [5, 5.41) is 11.5. The van der Waals surface area contributed by atoms with Gasteiger partial charge >= 0.3 is 5.97 Å². The zero-order chi connectivity index (χ0) is 18.4. The van der Waals surface area contributed by atoms with Crippen molar-refractivity contribution in [3.05, 3.63) is 0 Å². The molecule has 0 spiro atoms. The predicted octanol–water partition coefficient (Wildman–Crippen LogP) is 4.42. The van der Waals surface area contributed by atoms with Gasteiger partial charge in [0, 0.05) is 12.3 Å². The molecule has 0 bridgehead atoms. The Kier molecular flexibility index (Phi) is 3.74. The van der Waals surface area contributed by atoms with E-state index in [1.165, 1.54) is 19.3 Å². The number of hydrogen-bond acceptors (Lipinski definition) is 3. The average Bonchev–Trinajstić information content (AvgIpc) is 2.99. The summed E-state index contributed by atoms with van der Waals surface area (Å²) in [5.74, 6) is 2.56. The Balaban J connectivity index is 1.78. The number of carbonyl (C=O) groups is 1. The summed E-state index contributed by atoms with van der Waals surface area (Å²) in [6.45, 7) is 13.2. The second-order valence-corrected chi connectivity index (χ2v) is 11.0. The summed E-state index contributed by atoms with van der Waals surface area (Å²) in [7, 11) is 0. The highest BCUT2D eigenvalue weighted by molar-refractivity contribution is 5.66. The molecule has 4 aliphatic rings. The molecular formula is C22H36O3. The zero-order valence-corrected chi connectivity index (χ0v) is 16.8. The molecular weight excluding hydrogens is 312 g/mol. The maximum absolute atomic E-state index is 11.8. The fourth-order valence-electron chi connectivity index (χ4n) is 7.63. The molecule has 0 unspecified atom stereocenters. The van der Waals surface area contributed by atoms with Gasteiger partial charge in [-0.1, -0.05) is 34.6 Å². The Morgan fingerprint density at radius 3 is 2.36 bits per heavy atom. The van der Waals surface area contributed by atoms with Gasteiger partial charge in [-0.25, -0.2) is 0 Å². The first-order valence-corrected chi connectivity index (χ1v) is 10.4. The van der Waals surface area contributed by atoms with Gasteiger partial charge in [-0.15, -0.1) is 0 Å². The largest absolute Gasteiger partial charge is 0.462 e. The summed E-state index contributed by atoms with van der Waals surface area (Å²) in [5.41, 5.74) is 0.259. The molecule has 3 heteroatoms. The van der Waals surface area contributed by atoms with Crippen LogP contribution in [0.15, 0.2) is 0 Å². The smallest absolute Gasteiger partial charge is 0.302 e. The summed E-state index contributed by atoms with van der Waals surface area (Å²) in [6.07, 6.45) is 5.44. The summed E-state index contributed by atoms with van der Waals surface area (Å²) < 4.78 is 5.94. The van der Waals surface area contributed by atoms with Gasteiger partial charge in [-0.05, 0) is 72.5 Å². The molecule has 4 rings (SSSR count). The molecule has 0 aromatic rings. The highest BCUT2D eigenvalue weighted by Gasteiger charge is 2.72. The lowest BCUT2D eigenvalue weighted by Crippen LogP contribution is -2.61. The van der Waals surface area contributed by atoms with E-state index in [4.69, 9.17) is 4.74 Å². The molecule has 4 fully saturated rings. The topological polar surface area (TPSA) is 46.5 Å². The Bertz CT molecular complexity index is 586. The SMILES string of the molecule is CC(=O)O[C@@H]1C[C@@]2(C)C[C@H]3C[C@@]3(C)[C@@H](O)[C@@H]2[C@H]2[C@H](C(C)C)CC[C@@]21C. The Morgan fingerprint density at radius 1 is 1.08 bits per heavy atom. The molecule has 142 valence electrons. The lowest BCUT2D eigenvalue weighted by Gasteiger charge is -2.61. The third-order valence-electron chi connectivity index (χ3n) is 9.17. The molecule has 0 aromatic heterocycles. The van der Waals surface area contributed by atoms with E-state index in [1.54, 1.807) is 6.92 Å². The number of esters is 1. The van der Waals surface area contributed by atoms with Crippen LogP contribution in [0.3, 0.4) is 0 Å². The summed E-state index contributed by atoms with van der Waals surface area (Å²) >= 11 is 0. The first-order chi connectivity index (χ1) is 11.5. The van der Waals surface area contributed by atoms with Crippen molar-refractivity contribution in [2.45, 2.75) is 85.9 Å². The van der Waals surface area contributed by atoms with Crippen molar-refractivity contribution in [3.8, 4) is 0 Å².